The van der Waals surface area contributed by atoms with Gasteiger partial charge in [0.25, 0.3) is 11.6 Å². The Labute approximate surface area is 209 Å². The first-order chi connectivity index (χ1) is 17.2. The number of aromatic nitrogens is 2. The monoisotopic (exact) mass is 490 g/mol. The summed E-state index contributed by atoms with van der Waals surface area (Å²) in [6.07, 6.45) is 0.629. The van der Waals surface area contributed by atoms with Crippen LogP contribution < -0.4 is 10.2 Å². The smallest absolute Gasteiger partial charge is 0.293 e. The van der Waals surface area contributed by atoms with E-state index in [2.05, 4.69) is 10.4 Å². The molecule has 0 bridgehead atoms. The Hall–Kier alpha value is -4.21. The first-order valence-corrected chi connectivity index (χ1v) is 11.9. The van der Waals surface area contributed by atoms with E-state index in [-0.39, 0.29) is 23.1 Å². The standard InChI is InChI=1S/C26H30N6O4/c1-18-16-19(2)31(28-18)23-7-4-21(5-8-23)10-11-27-26(34)22-6-9-24(25(17-22)32(35)36)30-14-12-29(13-15-30)20(3)33/h4-9,16-17H,10-15H2,1-3H3,(H,27,34). The van der Waals surface area contributed by atoms with Crippen LogP contribution in [-0.4, -0.2) is 64.1 Å². The quantitative estimate of drug-likeness (QED) is 0.402. The molecule has 0 spiro atoms. The third-order valence-corrected chi connectivity index (χ3v) is 6.39. The lowest BCUT2D eigenvalue weighted by atomic mass is 10.1. The molecule has 1 fully saturated rings. The number of benzene rings is 2. The second-order valence-electron chi connectivity index (χ2n) is 8.96. The fourth-order valence-electron chi connectivity index (χ4n) is 4.46. The van der Waals surface area contributed by atoms with Gasteiger partial charge in [0.1, 0.15) is 5.69 Å². The number of nitrogens with one attached hydrogen (secondary N) is 1. The van der Waals surface area contributed by atoms with Crippen molar-refractivity contribution < 1.29 is 14.5 Å². The van der Waals surface area contributed by atoms with Crippen LogP contribution in [0.4, 0.5) is 11.4 Å². The molecule has 188 valence electrons. The van der Waals surface area contributed by atoms with Crippen LogP contribution in [0.3, 0.4) is 0 Å². The molecule has 1 aliphatic rings. The summed E-state index contributed by atoms with van der Waals surface area (Å²) in [7, 11) is 0. The molecular formula is C26H30N6O4. The van der Waals surface area contributed by atoms with Crippen LogP contribution in [0.1, 0.15) is 34.2 Å². The van der Waals surface area contributed by atoms with Crippen LogP contribution in [-0.2, 0) is 11.2 Å². The maximum absolute atomic E-state index is 12.7. The summed E-state index contributed by atoms with van der Waals surface area (Å²) < 4.78 is 1.89. The first-order valence-electron chi connectivity index (χ1n) is 11.9. The molecule has 36 heavy (non-hydrogen) atoms. The molecule has 2 heterocycles. The van der Waals surface area contributed by atoms with Gasteiger partial charge in [0, 0.05) is 57.0 Å². The topological polar surface area (TPSA) is 114 Å². The Morgan fingerprint density at radius 3 is 2.31 bits per heavy atom. The lowest BCUT2D eigenvalue weighted by molar-refractivity contribution is -0.384. The van der Waals surface area contributed by atoms with E-state index in [1.807, 2.05) is 53.8 Å². The van der Waals surface area contributed by atoms with Gasteiger partial charge in [-0.1, -0.05) is 12.1 Å². The number of hydrogen-bond donors (Lipinski definition) is 1. The van der Waals surface area contributed by atoms with E-state index in [1.165, 1.54) is 13.0 Å². The molecule has 2 aromatic carbocycles. The molecule has 1 aliphatic heterocycles. The van der Waals surface area contributed by atoms with Gasteiger partial charge in [-0.25, -0.2) is 4.68 Å². The predicted octanol–water partition coefficient (Wildman–Crippen LogP) is 3.04. The van der Waals surface area contributed by atoms with Gasteiger partial charge in [-0.05, 0) is 56.2 Å². The second-order valence-corrected chi connectivity index (χ2v) is 8.96. The van der Waals surface area contributed by atoms with E-state index < -0.39 is 4.92 Å². The van der Waals surface area contributed by atoms with Gasteiger partial charge in [-0.15, -0.1) is 0 Å². The Bertz CT molecular complexity index is 1280. The zero-order valence-corrected chi connectivity index (χ0v) is 20.7. The molecule has 10 heteroatoms. The molecule has 1 saturated heterocycles. The minimum Gasteiger partial charge on any atom is -0.362 e. The van der Waals surface area contributed by atoms with Crippen LogP contribution in [0.2, 0.25) is 0 Å². The van der Waals surface area contributed by atoms with Crippen LogP contribution >= 0.6 is 0 Å². The molecule has 0 aliphatic carbocycles. The zero-order chi connectivity index (χ0) is 25.8. The number of aryl methyl sites for hydroxylation is 2. The Morgan fingerprint density at radius 1 is 1.03 bits per heavy atom. The lowest BCUT2D eigenvalue weighted by Crippen LogP contribution is -2.48. The summed E-state index contributed by atoms with van der Waals surface area (Å²) in [5.74, 6) is -0.361. The van der Waals surface area contributed by atoms with Crippen molar-refractivity contribution in [2.75, 3.05) is 37.6 Å². The Kier molecular flexibility index (Phi) is 7.33. The van der Waals surface area contributed by atoms with Crippen molar-refractivity contribution in [3.8, 4) is 5.69 Å². The average molecular weight is 491 g/mol. The molecule has 10 nitrogen and oxygen atoms in total. The number of carbonyl (C=O) groups is 2. The predicted molar refractivity (Wildman–Crippen MR) is 137 cm³/mol. The molecule has 1 aromatic heterocycles. The maximum atomic E-state index is 12.7. The molecule has 4 rings (SSSR count). The highest BCUT2D eigenvalue weighted by molar-refractivity contribution is 5.95. The summed E-state index contributed by atoms with van der Waals surface area (Å²) in [6.45, 7) is 7.92. The van der Waals surface area contributed by atoms with Crippen LogP contribution in [0.5, 0.6) is 0 Å². The molecule has 0 unspecified atom stereocenters. The van der Waals surface area contributed by atoms with E-state index in [0.29, 0.717) is 44.8 Å². The van der Waals surface area contributed by atoms with Crippen molar-refractivity contribution in [1.29, 1.82) is 0 Å². The molecule has 3 aromatic rings. The number of anilines is 1. The Balaban J connectivity index is 1.36. The average Bonchev–Trinajstić information content (AvgIpc) is 3.21. The van der Waals surface area contributed by atoms with E-state index in [1.54, 1.807) is 17.0 Å². The SMILES string of the molecule is CC(=O)N1CCN(c2ccc(C(=O)NCCc3ccc(-n4nc(C)cc4C)cc3)cc2[N+](=O)[O-])CC1. The van der Waals surface area contributed by atoms with Gasteiger partial charge >= 0.3 is 0 Å². The number of carbonyl (C=O) groups excluding carboxylic acids is 2. The number of nitro groups is 1. The summed E-state index contributed by atoms with van der Waals surface area (Å²) in [5.41, 5.74) is 4.65. The summed E-state index contributed by atoms with van der Waals surface area (Å²) >= 11 is 0. The largest absolute Gasteiger partial charge is 0.362 e. The molecule has 0 atom stereocenters. The van der Waals surface area contributed by atoms with Crippen molar-refractivity contribution in [3.63, 3.8) is 0 Å². The van der Waals surface area contributed by atoms with Crippen LogP contribution in [0.15, 0.2) is 48.5 Å². The third kappa shape index (κ3) is 5.54. The zero-order valence-electron chi connectivity index (χ0n) is 20.7. The van der Waals surface area contributed by atoms with Crippen LogP contribution in [0, 0.1) is 24.0 Å². The summed E-state index contributed by atoms with van der Waals surface area (Å²) in [5, 5.41) is 19.1. The minimum atomic E-state index is -0.464. The van der Waals surface area contributed by atoms with Gasteiger partial charge in [0.2, 0.25) is 5.91 Å². The fraction of sp³-hybridized carbons (Fsp3) is 0.346. The second kappa shape index (κ2) is 10.6. The van der Waals surface area contributed by atoms with E-state index in [9.17, 15) is 19.7 Å². The van der Waals surface area contributed by atoms with Gasteiger partial charge in [0.15, 0.2) is 0 Å². The van der Waals surface area contributed by atoms with Gasteiger partial charge in [-0.2, -0.15) is 5.10 Å². The van der Waals surface area contributed by atoms with Crippen molar-refractivity contribution in [2.45, 2.75) is 27.2 Å². The van der Waals surface area contributed by atoms with Crippen molar-refractivity contribution in [2.24, 2.45) is 0 Å². The molecule has 0 saturated carbocycles. The van der Waals surface area contributed by atoms with Crippen molar-refractivity contribution >= 4 is 23.2 Å². The highest BCUT2D eigenvalue weighted by Crippen LogP contribution is 2.30. The number of nitro benzene ring substituents is 1. The van der Waals surface area contributed by atoms with Crippen molar-refractivity contribution in [1.82, 2.24) is 20.0 Å². The summed E-state index contributed by atoms with van der Waals surface area (Å²) in [6, 6.07) is 14.6. The number of amides is 2. The fourth-order valence-corrected chi connectivity index (χ4v) is 4.46. The molecule has 2 amide bonds. The number of hydrogen-bond acceptors (Lipinski definition) is 6. The third-order valence-electron chi connectivity index (χ3n) is 6.39. The summed E-state index contributed by atoms with van der Waals surface area (Å²) in [4.78, 5) is 39.1. The minimum absolute atomic E-state index is 0.00444. The maximum Gasteiger partial charge on any atom is 0.293 e. The lowest BCUT2D eigenvalue weighted by Gasteiger charge is -2.35. The van der Waals surface area contributed by atoms with Crippen molar-refractivity contribution in [3.05, 3.63) is 81.2 Å². The molecule has 0 radical (unpaired) electrons. The number of rotatable bonds is 7. The highest BCUT2D eigenvalue weighted by Gasteiger charge is 2.25. The molecule has 1 N–H and O–H groups in total. The number of piperazine rings is 1. The normalized spacial score (nSPS) is 13.5. The van der Waals surface area contributed by atoms with Gasteiger partial charge < -0.3 is 15.1 Å². The van der Waals surface area contributed by atoms with Gasteiger partial charge in [-0.3, -0.25) is 19.7 Å². The first kappa shape index (κ1) is 24.9. The van der Waals surface area contributed by atoms with E-state index in [4.69, 9.17) is 0 Å². The molecular weight excluding hydrogens is 460 g/mol. The van der Waals surface area contributed by atoms with Gasteiger partial charge in [0.05, 0.1) is 16.3 Å². The van der Waals surface area contributed by atoms with E-state index in [0.717, 1.165) is 22.6 Å². The van der Waals surface area contributed by atoms with E-state index >= 15 is 0 Å². The number of nitrogens with zero attached hydrogens (tertiary/aromatic N) is 5. The van der Waals surface area contributed by atoms with Crippen LogP contribution in [0.25, 0.3) is 5.69 Å². The Morgan fingerprint density at radius 2 is 1.72 bits per heavy atom. The highest BCUT2D eigenvalue weighted by atomic mass is 16.6.